The SMILES string of the molecule is COC(=O)NC1CCN(C(=O)N2CCC(C(=O)O)C2)C1. The molecule has 2 atom stereocenters. The lowest BCUT2D eigenvalue weighted by molar-refractivity contribution is -0.141. The summed E-state index contributed by atoms with van der Waals surface area (Å²) in [6.45, 7) is 1.73. The Morgan fingerprint density at radius 3 is 2.40 bits per heavy atom. The van der Waals surface area contributed by atoms with E-state index in [-0.39, 0.29) is 18.6 Å². The molecule has 2 saturated heterocycles. The molecule has 2 unspecified atom stereocenters. The second-order valence-electron chi connectivity index (χ2n) is 5.12. The average molecular weight is 285 g/mol. The van der Waals surface area contributed by atoms with Gasteiger partial charge in [0.05, 0.1) is 19.1 Å². The van der Waals surface area contributed by atoms with Crippen molar-refractivity contribution in [1.29, 1.82) is 0 Å². The van der Waals surface area contributed by atoms with Crippen LogP contribution >= 0.6 is 0 Å². The minimum Gasteiger partial charge on any atom is -0.481 e. The Morgan fingerprint density at radius 1 is 1.15 bits per heavy atom. The predicted octanol–water partition coefficient (Wildman–Crippen LogP) is -0.0568. The van der Waals surface area contributed by atoms with E-state index in [4.69, 9.17) is 5.11 Å². The Kier molecular flexibility index (Phi) is 4.31. The maximum Gasteiger partial charge on any atom is 0.407 e. The molecule has 112 valence electrons. The van der Waals surface area contributed by atoms with Gasteiger partial charge < -0.3 is 25.0 Å². The van der Waals surface area contributed by atoms with Gasteiger partial charge in [-0.2, -0.15) is 0 Å². The van der Waals surface area contributed by atoms with Crippen LogP contribution < -0.4 is 5.32 Å². The minimum atomic E-state index is -0.855. The zero-order chi connectivity index (χ0) is 14.7. The molecule has 2 heterocycles. The molecule has 0 aromatic carbocycles. The summed E-state index contributed by atoms with van der Waals surface area (Å²) in [5.41, 5.74) is 0. The van der Waals surface area contributed by atoms with Crippen molar-refractivity contribution in [2.45, 2.75) is 18.9 Å². The van der Waals surface area contributed by atoms with Gasteiger partial charge in [0.2, 0.25) is 0 Å². The number of ether oxygens (including phenoxy) is 1. The van der Waals surface area contributed by atoms with Crippen molar-refractivity contribution in [2.75, 3.05) is 33.3 Å². The van der Waals surface area contributed by atoms with Gasteiger partial charge >= 0.3 is 18.1 Å². The molecule has 0 saturated carbocycles. The number of carboxylic acid groups (broad SMARTS) is 1. The Balaban J connectivity index is 1.83. The number of hydrogen-bond acceptors (Lipinski definition) is 4. The zero-order valence-electron chi connectivity index (χ0n) is 11.4. The fourth-order valence-electron chi connectivity index (χ4n) is 2.61. The predicted molar refractivity (Wildman–Crippen MR) is 68.2 cm³/mol. The third-order valence-electron chi connectivity index (χ3n) is 3.77. The number of amides is 3. The number of hydrogen-bond donors (Lipinski definition) is 2. The highest BCUT2D eigenvalue weighted by molar-refractivity contribution is 5.78. The third kappa shape index (κ3) is 3.12. The standard InChI is InChI=1S/C12H19N3O5/c1-20-11(18)13-9-3-5-15(7-9)12(19)14-4-2-8(6-14)10(16)17/h8-9H,2-7H2,1H3,(H,13,18)(H,16,17). The lowest BCUT2D eigenvalue weighted by Crippen LogP contribution is -2.43. The molecule has 20 heavy (non-hydrogen) atoms. The number of carboxylic acids is 1. The van der Waals surface area contributed by atoms with Crippen LogP contribution in [0.4, 0.5) is 9.59 Å². The van der Waals surface area contributed by atoms with Gasteiger partial charge in [0.1, 0.15) is 0 Å². The monoisotopic (exact) mass is 285 g/mol. The summed E-state index contributed by atoms with van der Waals surface area (Å²) >= 11 is 0. The number of carbonyl (C=O) groups is 3. The van der Waals surface area contributed by atoms with Crippen molar-refractivity contribution in [2.24, 2.45) is 5.92 Å². The summed E-state index contributed by atoms with van der Waals surface area (Å²) in [7, 11) is 1.30. The van der Waals surface area contributed by atoms with Gasteiger partial charge in [-0.15, -0.1) is 0 Å². The van der Waals surface area contributed by atoms with Crippen LogP contribution in [-0.2, 0) is 9.53 Å². The van der Waals surface area contributed by atoms with Gasteiger partial charge in [-0.25, -0.2) is 9.59 Å². The maximum atomic E-state index is 12.2. The molecule has 0 aromatic heterocycles. The van der Waals surface area contributed by atoms with Crippen molar-refractivity contribution in [1.82, 2.24) is 15.1 Å². The fraction of sp³-hybridized carbons (Fsp3) is 0.750. The van der Waals surface area contributed by atoms with Gasteiger partial charge in [-0.05, 0) is 12.8 Å². The molecule has 2 aliphatic rings. The molecule has 2 aliphatic heterocycles. The number of urea groups is 1. The maximum absolute atomic E-state index is 12.2. The minimum absolute atomic E-state index is 0.107. The quantitative estimate of drug-likeness (QED) is 0.740. The number of alkyl carbamates (subject to hydrolysis) is 1. The van der Waals surface area contributed by atoms with Crippen LogP contribution in [0.25, 0.3) is 0 Å². The number of nitrogens with zero attached hydrogens (tertiary/aromatic N) is 2. The topological polar surface area (TPSA) is 99.2 Å². The molecule has 2 rings (SSSR count). The largest absolute Gasteiger partial charge is 0.481 e. The summed E-state index contributed by atoms with van der Waals surface area (Å²) in [6, 6.07) is -0.257. The highest BCUT2D eigenvalue weighted by atomic mass is 16.5. The molecular weight excluding hydrogens is 266 g/mol. The smallest absolute Gasteiger partial charge is 0.407 e. The van der Waals surface area contributed by atoms with E-state index < -0.39 is 18.0 Å². The van der Waals surface area contributed by atoms with Crippen LogP contribution in [0.15, 0.2) is 0 Å². The molecule has 0 radical (unpaired) electrons. The molecule has 2 N–H and O–H groups in total. The van der Waals surface area contributed by atoms with E-state index >= 15 is 0 Å². The van der Waals surface area contributed by atoms with Gasteiger partial charge in [0.25, 0.3) is 0 Å². The molecule has 0 bridgehead atoms. The van der Waals surface area contributed by atoms with E-state index in [1.54, 1.807) is 9.80 Å². The van der Waals surface area contributed by atoms with Crippen LogP contribution in [-0.4, -0.2) is 72.3 Å². The molecule has 8 nitrogen and oxygen atoms in total. The van der Waals surface area contributed by atoms with Crippen LogP contribution in [0, 0.1) is 5.92 Å². The van der Waals surface area contributed by atoms with E-state index in [1.807, 2.05) is 0 Å². The fourth-order valence-corrected chi connectivity index (χ4v) is 2.61. The van der Waals surface area contributed by atoms with Crippen molar-refractivity contribution < 1.29 is 24.2 Å². The Labute approximate surface area is 116 Å². The highest BCUT2D eigenvalue weighted by Crippen LogP contribution is 2.20. The Hall–Kier alpha value is -1.99. The summed E-state index contributed by atoms with van der Waals surface area (Å²) in [5.74, 6) is -1.32. The van der Waals surface area contributed by atoms with E-state index in [0.717, 1.165) is 0 Å². The van der Waals surface area contributed by atoms with E-state index in [2.05, 4.69) is 10.1 Å². The molecule has 0 spiro atoms. The van der Waals surface area contributed by atoms with Crippen molar-refractivity contribution >= 4 is 18.1 Å². The van der Waals surface area contributed by atoms with Crippen molar-refractivity contribution in [3.63, 3.8) is 0 Å². The lowest BCUT2D eigenvalue weighted by atomic mass is 10.1. The first-order valence-electron chi connectivity index (χ1n) is 6.62. The molecular formula is C12H19N3O5. The number of methoxy groups -OCH3 is 1. The molecule has 2 fully saturated rings. The summed E-state index contributed by atoms with van der Waals surface area (Å²) < 4.78 is 4.52. The summed E-state index contributed by atoms with van der Waals surface area (Å²) in [5, 5.41) is 11.6. The highest BCUT2D eigenvalue weighted by Gasteiger charge is 2.35. The second kappa shape index (κ2) is 5.98. The van der Waals surface area contributed by atoms with Gasteiger partial charge in [0.15, 0.2) is 0 Å². The van der Waals surface area contributed by atoms with Crippen LogP contribution in [0.1, 0.15) is 12.8 Å². The first-order valence-corrected chi connectivity index (χ1v) is 6.62. The van der Waals surface area contributed by atoms with Gasteiger partial charge in [-0.1, -0.05) is 0 Å². The van der Waals surface area contributed by atoms with E-state index in [1.165, 1.54) is 7.11 Å². The van der Waals surface area contributed by atoms with E-state index in [0.29, 0.717) is 32.5 Å². The molecule has 3 amide bonds. The number of carbonyl (C=O) groups excluding carboxylic acids is 2. The normalized spacial score (nSPS) is 25.6. The Bertz CT molecular complexity index is 414. The summed E-state index contributed by atoms with van der Waals surface area (Å²) in [6.07, 6.45) is 0.673. The van der Waals surface area contributed by atoms with Gasteiger partial charge in [-0.3, -0.25) is 4.79 Å². The Morgan fingerprint density at radius 2 is 1.80 bits per heavy atom. The first kappa shape index (κ1) is 14.4. The van der Waals surface area contributed by atoms with Crippen LogP contribution in [0.2, 0.25) is 0 Å². The summed E-state index contributed by atoms with van der Waals surface area (Å²) in [4.78, 5) is 37.4. The zero-order valence-corrected chi connectivity index (χ0v) is 11.4. The average Bonchev–Trinajstić information content (AvgIpc) is 3.06. The molecule has 0 aromatic rings. The molecule has 0 aliphatic carbocycles. The lowest BCUT2D eigenvalue weighted by Gasteiger charge is -2.24. The van der Waals surface area contributed by atoms with Crippen LogP contribution in [0.5, 0.6) is 0 Å². The van der Waals surface area contributed by atoms with E-state index in [9.17, 15) is 14.4 Å². The molecule has 8 heteroatoms. The van der Waals surface area contributed by atoms with Crippen molar-refractivity contribution in [3.05, 3.63) is 0 Å². The second-order valence-corrected chi connectivity index (χ2v) is 5.12. The number of likely N-dealkylation sites (tertiary alicyclic amines) is 2. The van der Waals surface area contributed by atoms with Crippen LogP contribution in [0.3, 0.4) is 0 Å². The number of aliphatic carboxylic acids is 1. The number of nitrogens with one attached hydrogen (secondary N) is 1. The van der Waals surface area contributed by atoms with Gasteiger partial charge in [0, 0.05) is 26.2 Å². The first-order chi connectivity index (χ1) is 9.51. The number of rotatable bonds is 2. The van der Waals surface area contributed by atoms with Crippen molar-refractivity contribution in [3.8, 4) is 0 Å². The third-order valence-corrected chi connectivity index (χ3v) is 3.77.